The normalized spacial score (nSPS) is 28.0. The molecule has 120 valence electrons. The van der Waals surface area contributed by atoms with Crippen LogP contribution < -0.4 is 0 Å². The zero-order valence-electron chi connectivity index (χ0n) is 12.7. The molecule has 7 heteroatoms. The van der Waals surface area contributed by atoms with Gasteiger partial charge in [-0.25, -0.2) is 0 Å². The first-order chi connectivity index (χ1) is 10.4. The van der Waals surface area contributed by atoms with Crippen LogP contribution in [0.25, 0.3) is 0 Å². The second kappa shape index (κ2) is 5.39. The minimum atomic E-state index is -0.890. The Balaban J connectivity index is 1.81. The van der Waals surface area contributed by atoms with E-state index in [0.29, 0.717) is 31.9 Å². The highest BCUT2D eigenvalue weighted by Crippen LogP contribution is 2.42. The largest absolute Gasteiger partial charge is 0.481 e. The van der Waals surface area contributed by atoms with Gasteiger partial charge in [0, 0.05) is 37.6 Å². The number of fused-ring (bicyclic) bond motifs is 1. The van der Waals surface area contributed by atoms with Crippen molar-refractivity contribution in [3.8, 4) is 0 Å². The number of amides is 1. The fourth-order valence-corrected chi connectivity index (χ4v) is 3.28. The third-order valence-electron chi connectivity index (χ3n) is 4.74. The van der Waals surface area contributed by atoms with Gasteiger partial charge in [-0.2, -0.15) is 0 Å². The van der Waals surface area contributed by atoms with E-state index in [-0.39, 0.29) is 30.0 Å². The number of hydrogen-bond acceptors (Lipinski definition) is 5. The minimum Gasteiger partial charge on any atom is -0.481 e. The third kappa shape index (κ3) is 2.29. The lowest BCUT2D eigenvalue weighted by molar-refractivity contribution is -0.157. The van der Waals surface area contributed by atoms with Gasteiger partial charge in [0.15, 0.2) is 5.69 Å². The van der Waals surface area contributed by atoms with Crippen molar-refractivity contribution in [1.29, 1.82) is 0 Å². The van der Waals surface area contributed by atoms with Crippen molar-refractivity contribution < 1.29 is 24.0 Å². The number of carboxylic acids is 1. The van der Waals surface area contributed by atoms with Crippen LogP contribution in [-0.2, 0) is 9.53 Å². The summed E-state index contributed by atoms with van der Waals surface area (Å²) in [5.74, 6) is -0.491. The van der Waals surface area contributed by atoms with E-state index in [2.05, 4.69) is 5.16 Å². The van der Waals surface area contributed by atoms with Crippen molar-refractivity contribution in [1.82, 2.24) is 10.1 Å². The number of carboxylic acid groups (broad SMARTS) is 1. The molecular formula is C15H20N2O5. The summed E-state index contributed by atoms with van der Waals surface area (Å²) in [4.78, 5) is 25.9. The van der Waals surface area contributed by atoms with E-state index in [1.807, 2.05) is 13.8 Å². The van der Waals surface area contributed by atoms with Crippen LogP contribution >= 0.6 is 0 Å². The molecule has 0 radical (unpaired) electrons. The Bertz CT molecular complexity index is 597. The number of carbonyl (C=O) groups excluding carboxylic acids is 1. The van der Waals surface area contributed by atoms with E-state index in [1.165, 1.54) is 0 Å². The monoisotopic (exact) mass is 308 g/mol. The molecule has 3 heterocycles. The maximum absolute atomic E-state index is 12.6. The van der Waals surface area contributed by atoms with Gasteiger partial charge < -0.3 is 19.3 Å². The van der Waals surface area contributed by atoms with Gasteiger partial charge in [-0.1, -0.05) is 19.0 Å². The van der Waals surface area contributed by atoms with Gasteiger partial charge in [0.05, 0.1) is 12.0 Å². The summed E-state index contributed by atoms with van der Waals surface area (Å²) < 4.78 is 10.6. The smallest absolute Gasteiger partial charge is 0.311 e. The standard InChI is InChI=1S/C15H20N2O5/c1-9(2)12-5-11(16-22-12)13(18)17-6-10-7-21-4-3-15(10,8-17)14(19)20/h5,9-10H,3-4,6-8H2,1-2H3,(H,19,20)/t10-,15+/m0/s1. The molecule has 0 aliphatic carbocycles. The van der Waals surface area contributed by atoms with Crippen molar-refractivity contribution >= 4 is 11.9 Å². The lowest BCUT2D eigenvalue weighted by Crippen LogP contribution is -2.45. The number of carbonyl (C=O) groups is 2. The Labute approximate surface area is 128 Å². The number of likely N-dealkylation sites (tertiary alicyclic amines) is 1. The van der Waals surface area contributed by atoms with Crippen LogP contribution in [-0.4, -0.2) is 53.3 Å². The van der Waals surface area contributed by atoms with Gasteiger partial charge in [-0.3, -0.25) is 9.59 Å². The first-order valence-corrected chi connectivity index (χ1v) is 7.51. The third-order valence-corrected chi connectivity index (χ3v) is 4.74. The average molecular weight is 308 g/mol. The topological polar surface area (TPSA) is 92.9 Å². The number of ether oxygens (including phenoxy) is 1. The molecule has 0 spiro atoms. The van der Waals surface area contributed by atoms with Gasteiger partial charge in [-0.15, -0.1) is 0 Å². The summed E-state index contributed by atoms with van der Waals surface area (Å²) in [5.41, 5.74) is -0.651. The Morgan fingerprint density at radius 2 is 2.27 bits per heavy atom. The molecule has 0 bridgehead atoms. The molecule has 0 saturated carbocycles. The van der Waals surface area contributed by atoms with E-state index in [9.17, 15) is 14.7 Å². The van der Waals surface area contributed by atoms with E-state index in [1.54, 1.807) is 11.0 Å². The molecule has 22 heavy (non-hydrogen) atoms. The summed E-state index contributed by atoms with van der Waals surface area (Å²) in [6.07, 6.45) is 0.437. The fourth-order valence-electron chi connectivity index (χ4n) is 3.28. The molecule has 2 aliphatic heterocycles. The van der Waals surface area contributed by atoms with Crippen molar-refractivity contribution in [3.05, 3.63) is 17.5 Å². The summed E-state index contributed by atoms with van der Waals surface area (Å²) in [5, 5.41) is 13.4. The second-order valence-electron chi connectivity index (χ2n) is 6.44. The molecule has 2 fully saturated rings. The van der Waals surface area contributed by atoms with Gasteiger partial charge in [-0.05, 0) is 6.42 Å². The quantitative estimate of drug-likeness (QED) is 0.906. The first kappa shape index (κ1) is 15.0. The first-order valence-electron chi connectivity index (χ1n) is 7.51. The summed E-state index contributed by atoms with van der Waals surface area (Å²) in [6.45, 7) is 5.30. The maximum Gasteiger partial charge on any atom is 0.311 e. The molecule has 0 unspecified atom stereocenters. The molecule has 2 aliphatic rings. The van der Waals surface area contributed by atoms with Crippen LogP contribution in [0.1, 0.15) is 42.4 Å². The van der Waals surface area contributed by atoms with E-state index < -0.39 is 11.4 Å². The van der Waals surface area contributed by atoms with Crippen molar-refractivity contribution in [2.75, 3.05) is 26.3 Å². The van der Waals surface area contributed by atoms with Crippen LogP contribution in [0.4, 0.5) is 0 Å². The number of aliphatic carboxylic acids is 1. The highest BCUT2D eigenvalue weighted by atomic mass is 16.5. The van der Waals surface area contributed by atoms with Crippen molar-refractivity contribution in [3.63, 3.8) is 0 Å². The summed E-state index contributed by atoms with van der Waals surface area (Å²) in [6, 6.07) is 1.64. The predicted octanol–water partition coefficient (Wildman–Crippen LogP) is 1.36. The maximum atomic E-state index is 12.6. The predicted molar refractivity (Wildman–Crippen MR) is 75.5 cm³/mol. The number of rotatable bonds is 3. The second-order valence-corrected chi connectivity index (χ2v) is 6.44. The Morgan fingerprint density at radius 3 is 2.86 bits per heavy atom. The van der Waals surface area contributed by atoms with Crippen molar-refractivity contribution in [2.24, 2.45) is 11.3 Å². The van der Waals surface area contributed by atoms with Gasteiger partial charge in [0.25, 0.3) is 5.91 Å². The number of nitrogens with zero attached hydrogens (tertiary/aromatic N) is 2. The molecule has 3 rings (SSSR count). The lowest BCUT2D eigenvalue weighted by atomic mass is 9.74. The van der Waals surface area contributed by atoms with E-state index in [0.717, 1.165) is 0 Å². The molecule has 2 atom stereocenters. The van der Waals surface area contributed by atoms with Crippen LogP contribution in [0.15, 0.2) is 10.6 Å². The zero-order valence-corrected chi connectivity index (χ0v) is 12.7. The SMILES string of the molecule is CC(C)c1cc(C(=O)N2C[C@H]3COCC[C@@]3(C(=O)O)C2)no1. The molecule has 7 nitrogen and oxygen atoms in total. The molecule has 1 aromatic rings. The lowest BCUT2D eigenvalue weighted by Gasteiger charge is -2.33. The Morgan fingerprint density at radius 1 is 1.50 bits per heavy atom. The molecule has 0 aromatic carbocycles. The van der Waals surface area contributed by atoms with E-state index in [4.69, 9.17) is 9.26 Å². The van der Waals surface area contributed by atoms with E-state index >= 15 is 0 Å². The van der Waals surface area contributed by atoms with Gasteiger partial charge in [0.1, 0.15) is 5.76 Å². The highest BCUT2D eigenvalue weighted by Gasteiger charge is 2.55. The van der Waals surface area contributed by atoms with Gasteiger partial charge >= 0.3 is 5.97 Å². The molecule has 1 N–H and O–H groups in total. The highest BCUT2D eigenvalue weighted by molar-refractivity contribution is 5.93. The summed E-state index contributed by atoms with van der Waals surface area (Å²) >= 11 is 0. The van der Waals surface area contributed by atoms with Crippen LogP contribution in [0.2, 0.25) is 0 Å². The zero-order chi connectivity index (χ0) is 15.9. The molecule has 1 amide bonds. The van der Waals surface area contributed by atoms with Crippen LogP contribution in [0.3, 0.4) is 0 Å². The van der Waals surface area contributed by atoms with Gasteiger partial charge in [0.2, 0.25) is 0 Å². The summed E-state index contributed by atoms with van der Waals surface area (Å²) in [7, 11) is 0. The Kier molecular flexibility index (Phi) is 3.68. The number of aromatic nitrogens is 1. The molecule has 1 aromatic heterocycles. The fraction of sp³-hybridized carbons (Fsp3) is 0.667. The minimum absolute atomic E-state index is 0.147. The number of hydrogen-bond donors (Lipinski definition) is 1. The average Bonchev–Trinajstić information content (AvgIpc) is 3.11. The Hall–Kier alpha value is -1.89. The van der Waals surface area contributed by atoms with Crippen LogP contribution in [0, 0.1) is 11.3 Å². The van der Waals surface area contributed by atoms with Crippen LogP contribution in [0.5, 0.6) is 0 Å². The molecular weight excluding hydrogens is 288 g/mol. The van der Waals surface area contributed by atoms with Crippen molar-refractivity contribution in [2.45, 2.75) is 26.2 Å². The molecule has 2 saturated heterocycles.